The highest BCUT2D eigenvalue weighted by atomic mass is 16.4. The lowest BCUT2D eigenvalue weighted by Crippen LogP contribution is -1.91. The molecule has 1 N–H and O–H groups in total. The van der Waals surface area contributed by atoms with Gasteiger partial charge >= 0.3 is 0 Å². The van der Waals surface area contributed by atoms with Crippen molar-refractivity contribution in [3.8, 4) is 39.1 Å². The number of aromatic hydroxyl groups is 1. The van der Waals surface area contributed by atoms with Crippen molar-refractivity contribution in [1.29, 1.82) is 0 Å². The smallest absolute Gasteiger partial charge is 0.177 e. The van der Waals surface area contributed by atoms with Crippen molar-refractivity contribution >= 4 is 38.1 Å². The molecule has 1 aromatic heterocycles. The van der Waals surface area contributed by atoms with E-state index in [2.05, 4.69) is 121 Å². The van der Waals surface area contributed by atoms with Crippen LogP contribution in [0, 0.1) is 0 Å². The Morgan fingerprint density at radius 2 is 1.00 bits per heavy atom. The number of fused-ring (bicyclic) bond motifs is 3. The summed E-state index contributed by atoms with van der Waals surface area (Å²) in [4.78, 5) is 0. The van der Waals surface area contributed by atoms with E-state index in [1.807, 2.05) is 12.1 Å². The predicted octanol–water partition coefficient (Wildman–Crippen LogP) is 11.2. The van der Waals surface area contributed by atoms with Gasteiger partial charge in [0.15, 0.2) is 11.3 Å². The van der Waals surface area contributed by atoms with Gasteiger partial charge in [-0.2, -0.15) is 0 Å². The molecule has 0 saturated heterocycles. The van der Waals surface area contributed by atoms with Crippen LogP contribution >= 0.6 is 0 Å². The van der Waals surface area contributed by atoms with E-state index in [1.54, 1.807) is 6.07 Å². The third-order valence-electron chi connectivity index (χ3n) is 8.41. The molecule has 200 valence electrons. The standard InChI is InChI=1S/C40H28O2/c41-35-21-11-20-34-38(39(42-40(34)35)29-14-5-2-6-15-29)28-24-22-27(23-25-28)37-32-18-9-7-16-30(32)36(26-12-3-1-4-13-26)31-17-8-10-19-33(31)37/h1,3-5,7-25,41H,2,6H2. The summed E-state index contributed by atoms with van der Waals surface area (Å²) in [6.45, 7) is 0. The molecule has 0 saturated carbocycles. The molecule has 42 heavy (non-hydrogen) atoms. The quantitative estimate of drug-likeness (QED) is 0.225. The fourth-order valence-electron chi connectivity index (χ4n) is 6.53. The molecule has 0 amide bonds. The number of hydrogen-bond acceptors (Lipinski definition) is 2. The highest BCUT2D eigenvalue weighted by Gasteiger charge is 2.21. The number of hydrogen-bond donors (Lipinski definition) is 1. The monoisotopic (exact) mass is 540 g/mol. The average Bonchev–Trinajstić information content (AvgIpc) is 3.45. The van der Waals surface area contributed by atoms with Gasteiger partial charge in [-0.05, 0) is 68.3 Å². The molecule has 1 aliphatic rings. The van der Waals surface area contributed by atoms with Crippen LogP contribution in [0.3, 0.4) is 0 Å². The van der Waals surface area contributed by atoms with Crippen molar-refractivity contribution in [3.63, 3.8) is 0 Å². The molecule has 1 aliphatic carbocycles. The zero-order valence-corrected chi connectivity index (χ0v) is 23.0. The van der Waals surface area contributed by atoms with Crippen LogP contribution in [-0.2, 0) is 0 Å². The van der Waals surface area contributed by atoms with E-state index in [-0.39, 0.29) is 5.75 Å². The highest BCUT2D eigenvalue weighted by Crippen LogP contribution is 2.46. The van der Waals surface area contributed by atoms with Crippen LogP contribution in [0.1, 0.15) is 18.6 Å². The first-order valence-electron chi connectivity index (χ1n) is 14.5. The molecule has 0 radical (unpaired) electrons. The number of rotatable bonds is 4. The molecule has 7 aromatic rings. The number of phenolic OH excluding ortho intramolecular Hbond substituents is 1. The summed E-state index contributed by atoms with van der Waals surface area (Å²) in [5.41, 5.74) is 8.56. The lowest BCUT2D eigenvalue weighted by atomic mass is 9.85. The summed E-state index contributed by atoms with van der Waals surface area (Å²) in [6.07, 6.45) is 8.54. The number of para-hydroxylation sites is 1. The van der Waals surface area contributed by atoms with E-state index >= 15 is 0 Å². The topological polar surface area (TPSA) is 33.4 Å². The van der Waals surface area contributed by atoms with Gasteiger partial charge in [-0.15, -0.1) is 0 Å². The third kappa shape index (κ3) is 3.88. The molecule has 0 atom stereocenters. The van der Waals surface area contributed by atoms with Crippen LogP contribution in [-0.4, -0.2) is 5.11 Å². The van der Waals surface area contributed by atoms with Crippen molar-refractivity contribution in [3.05, 3.63) is 145 Å². The molecular formula is C40H28O2. The Labute approximate surface area is 244 Å². The Balaban J connectivity index is 1.35. The van der Waals surface area contributed by atoms with Crippen LogP contribution in [0.25, 0.3) is 71.5 Å². The molecule has 2 heteroatoms. The van der Waals surface area contributed by atoms with Crippen molar-refractivity contribution in [1.82, 2.24) is 0 Å². The minimum Gasteiger partial charge on any atom is -0.504 e. The second-order valence-corrected chi connectivity index (χ2v) is 10.9. The summed E-state index contributed by atoms with van der Waals surface area (Å²) in [7, 11) is 0. The van der Waals surface area contributed by atoms with Crippen LogP contribution in [0.5, 0.6) is 5.75 Å². The SMILES string of the molecule is Oc1cccc2c(-c3ccc(-c4c5ccccc5c(-c5ccccc5)c5ccccc45)cc3)c(C3=CCCC=C3)oc12. The first kappa shape index (κ1) is 24.5. The minimum absolute atomic E-state index is 0.161. The van der Waals surface area contributed by atoms with Gasteiger partial charge in [-0.3, -0.25) is 0 Å². The van der Waals surface area contributed by atoms with Crippen molar-refractivity contribution in [2.75, 3.05) is 0 Å². The van der Waals surface area contributed by atoms with E-state index in [0.717, 1.165) is 40.7 Å². The summed E-state index contributed by atoms with van der Waals surface area (Å²) in [6, 6.07) is 42.6. The Bertz CT molecular complexity index is 2120. The van der Waals surface area contributed by atoms with E-state index in [4.69, 9.17) is 4.42 Å². The second kappa shape index (κ2) is 9.94. The summed E-state index contributed by atoms with van der Waals surface area (Å²) in [5.74, 6) is 0.965. The first-order valence-corrected chi connectivity index (χ1v) is 14.5. The summed E-state index contributed by atoms with van der Waals surface area (Å²) in [5, 5.41) is 16.5. The molecule has 0 spiro atoms. The van der Waals surface area contributed by atoms with Gasteiger partial charge < -0.3 is 9.52 Å². The van der Waals surface area contributed by atoms with Crippen LogP contribution < -0.4 is 0 Å². The molecule has 8 rings (SSSR count). The normalized spacial score (nSPS) is 13.2. The van der Waals surface area contributed by atoms with Crippen molar-refractivity contribution in [2.45, 2.75) is 12.8 Å². The first-order chi connectivity index (χ1) is 20.8. The molecule has 6 aromatic carbocycles. The Hall–Kier alpha value is -5.34. The lowest BCUT2D eigenvalue weighted by molar-refractivity contribution is 0.464. The number of phenols is 1. The van der Waals surface area contributed by atoms with E-state index in [9.17, 15) is 5.11 Å². The molecule has 1 heterocycles. The van der Waals surface area contributed by atoms with Crippen LogP contribution in [0.2, 0.25) is 0 Å². The zero-order valence-electron chi connectivity index (χ0n) is 23.0. The third-order valence-corrected chi connectivity index (χ3v) is 8.41. The molecule has 0 fully saturated rings. The fraction of sp³-hybridized carbons (Fsp3) is 0.0500. The Kier molecular flexibility index (Phi) is 5.79. The Morgan fingerprint density at radius 3 is 1.57 bits per heavy atom. The Morgan fingerprint density at radius 1 is 0.476 bits per heavy atom. The van der Waals surface area contributed by atoms with Crippen LogP contribution in [0.4, 0.5) is 0 Å². The second-order valence-electron chi connectivity index (χ2n) is 10.9. The summed E-state index contributed by atoms with van der Waals surface area (Å²) < 4.78 is 6.34. The molecule has 0 unspecified atom stereocenters. The van der Waals surface area contributed by atoms with Crippen molar-refractivity contribution in [2.24, 2.45) is 0 Å². The molecule has 0 aliphatic heterocycles. The van der Waals surface area contributed by atoms with Crippen LogP contribution in [0.15, 0.2) is 144 Å². The minimum atomic E-state index is 0.161. The molecule has 2 nitrogen and oxygen atoms in total. The molecule has 0 bridgehead atoms. The maximum absolute atomic E-state index is 10.6. The van der Waals surface area contributed by atoms with Gasteiger partial charge in [0.2, 0.25) is 0 Å². The average molecular weight is 541 g/mol. The van der Waals surface area contributed by atoms with Gasteiger partial charge in [0.1, 0.15) is 5.76 Å². The van der Waals surface area contributed by atoms with Gasteiger partial charge in [0.05, 0.1) is 0 Å². The maximum atomic E-state index is 10.6. The maximum Gasteiger partial charge on any atom is 0.177 e. The zero-order chi connectivity index (χ0) is 28.0. The number of allylic oxidation sites excluding steroid dienone is 4. The number of furan rings is 1. The van der Waals surface area contributed by atoms with Crippen molar-refractivity contribution < 1.29 is 9.52 Å². The largest absolute Gasteiger partial charge is 0.504 e. The van der Waals surface area contributed by atoms with E-state index in [0.29, 0.717) is 5.58 Å². The van der Waals surface area contributed by atoms with E-state index in [1.165, 1.54) is 43.8 Å². The van der Waals surface area contributed by atoms with Gasteiger partial charge in [0, 0.05) is 16.5 Å². The summed E-state index contributed by atoms with van der Waals surface area (Å²) >= 11 is 0. The van der Waals surface area contributed by atoms with Gasteiger partial charge in [-0.25, -0.2) is 0 Å². The lowest BCUT2D eigenvalue weighted by Gasteiger charge is -2.18. The predicted molar refractivity (Wildman–Crippen MR) is 176 cm³/mol. The number of benzene rings is 6. The van der Waals surface area contributed by atoms with Gasteiger partial charge in [0.25, 0.3) is 0 Å². The molecular weight excluding hydrogens is 512 g/mol. The fourth-order valence-corrected chi connectivity index (χ4v) is 6.53. The highest BCUT2D eigenvalue weighted by molar-refractivity contribution is 6.21. The van der Waals surface area contributed by atoms with Gasteiger partial charge in [-0.1, -0.05) is 133 Å². The van der Waals surface area contributed by atoms with E-state index < -0.39 is 0 Å².